The second kappa shape index (κ2) is 14.7. The van der Waals surface area contributed by atoms with E-state index >= 15 is 0 Å². The lowest BCUT2D eigenvalue weighted by Gasteiger charge is -2.33. The number of sulfonamides is 1. The number of halogens is 2. The van der Waals surface area contributed by atoms with E-state index in [4.69, 9.17) is 32.7 Å². The van der Waals surface area contributed by atoms with Gasteiger partial charge >= 0.3 is 0 Å². The van der Waals surface area contributed by atoms with Crippen LogP contribution in [0.15, 0.2) is 36.4 Å². The first-order valence-corrected chi connectivity index (χ1v) is 17.1. The van der Waals surface area contributed by atoms with Crippen molar-refractivity contribution >= 4 is 50.7 Å². The van der Waals surface area contributed by atoms with Crippen molar-refractivity contribution in [3.05, 3.63) is 52.0 Å². The van der Waals surface area contributed by atoms with Crippen molar-refractivity contribution in [3.63, 3.8) is 0 Å². The van der Waals surface area contributed by atoms with Crippen LogP contribution in [0.25, 0.3) is 0 Å². The molecule has 2 amide bonds. The van der Waals surface area contributed by atoms with Gasteiger partial charge in [-0.2, -0.15) is 0 Å². The van der Waals surface area contributed by atoms with Crippen LogP contribution >= 0.6 is 23.2 Å². The Morgan fingerprint density at radius 1 is 1.00 bits per heavy atom. The van der Waals surface area contributed by atoms with Gasteiger partial charge in [0.05, 0.1) is 22.0 Å². The summed E-state index contributed by atoms with van der Waals surface area (Å²) in [6.07, 6.45) is 7.05. The molecule has 0 saturated heterocycles. The van der Waals surface area contributed by atoms with Crippen LogP contribution in [0.5, 0.6) is 11.5 Å². The van der Waals surface area contributed by atoms with Crippen LogP contribution in [0.4, 0.5) is 5.69 Å². The molecule has 0 spiro atoms. The Labute approximate surface area is 258 Å². The molecule has 2 aromatic carbocycles. The zero-order valence-corrected chi connectivity index (χ0v) is 26.4. The van der Waals surface area contributed by atoms with Crippen molar-refractivity contribution in [2.75, 3.05) is 30.3 Å². The topological polar surface area (TPSA) is 105 Å². The molecule has 1 atom stereocenters. The standard InChI is InChI=1S/C30H39Cl2N3O6S/c1-3-26(30(37)33-22-8-5-4-6-9-22)34(20-21-11-13-24(31)25(32)18-21)29(36)10-7-15-35(42(2,38)39)23-12-14-27-28(19-23)41-17-16-40-27/h11-14,18-19,22,26H,3-10,15-17,20H2,1-2H3,(H,33,37)/t26-/m1/s1. The van der Waals surface area contributed by atoms with Crippen LogP contribution in [0.3, 0.4) is 0 Å². The molecule has 1 fully saturated rings. The van der Waals surface area contributed by atoms with E-state index < -0.39 is 16.1 Å². The maximum absolute atomic E-state index is 13.7. The first-order valence-electron chi connectivity index (χ1n) is 14.5. The molecule has 2 aliphatic rings. The largest absolute Gasteiger partial charge is 0.486 e. The number of hydrogen-bond donors (Lipinski definition) is 1. The molecule has 42 heavy (non-hydrogen) atoms. The lowest BCUT2D eigenvalue weighted by Crippen LogP contribution is -2.51. The number of fused-ring (bicyclic) bond motifs is 1. The third kappa shape index (κ3) is 8.45. The van der Waals surface area contributed by atoms with Crippen molar-refractivity contribution in [2.24, 2.45) is 0 Å². The fourth-order valence-electron chi connectivity index (χ4n) is 5.49. The van der Waals surface area contributed by atoms with Crippen molar-refractivity contribution in [3.8, 4) is 11.5 Å². The SMILES string of the molecule is CC[C@H](C(=O)NC1CCCCC1)N(Cc1ccc(Cl)c(Cl)c1)C(=O)CCCN(c1ccc2c(c1)OCCO2)S(C)(=O)=O. The number of anilines is 1. The van der Waals surface area contributed by atoms with Gasteiger partial charge in [0.25, 0.3) is 0 Å². The van der Waals surface area contributed by atoms with E-state index in [1.807, 2.05) is 6.92 Å². The minimum atomic E-state index is -3.65. The number of nitrogens with one attached hydrogen (secondary N) is 1. The highest BCUT2D eigenvalue weighted by atomic mass is 35.5. The summed E-state index contributed by atoms with van der Waals surface area (Å²) < 4.78 is 37.9. The van der Waals surface area contributed by atoms with Crippen molar-refractivity contribution in [1.29, 1.82) is 0 Å². The van der Waals surface area contributed by atoms with Gasteiger partial charge in [0.2, 0.25) is 21.8 Å². The quantitative estimate of drug-likeness (QED) is 0.326. The minimum Gasteiger partial charge on any atom is -0.486 e. The van der Waals surface area contributed by atoms with E-state index in [-0.39, 0.29) is 43.8 Å². The molecular formula is C30H39Cl2N3O6S. The van der Waals surface area contributed by atoms with Crippen molar-refractivity contribution < 1.29 is 27.5 Å². The molecule has 0 bridgehead atoms. The molecule has 2 aromatic rings. The van der Waals surface area contributed by atoms with Crippen LogP contribution in [0.1, 0.15) is 63.9 Å². The molecule has 1 saturated carbocycles. The molecule has 4 rings (SSSR count). The summed E-state index contributed by atoms with van der Waals surface area (Å²) >= 11 is 12.4. The summed E-state index contributed by atoms with van der Waals surface area (Å²) in [5.41, 5.74) is 1.18. The maximum atomic E-state index is 13.7. The third-order valence-electron chi connectivity index (χ3n) is 7.64. The fourth-order valence-corrected chi connectivity index (χ4v) is 6.77. The van der Waals surface area contributed by atoms with E-state index in [0.717, 1.165) is 37.5 Å². The number of nitrogens with zero attached hydrogens (tertiary/aromatic N) is 2. The summed E-state index contributed by atoms with van der Waals surface area (Å²) in [6.45, 7) is 2.94. The summed E-state index contributed by atoms with van der Waals surface area (Å²) in [6, 6.07) is 9.56. The Balaban J connectivity index is 1.50. The predicted octanol–water partition coefficient (Wildman–Crippen LogP) is 5.57. The van der Waals surface area contributed by atoms with E-state index in [9.17, 15) is 18.0 Å². The van der Waals surface area contributed by atoms with E-state index in [0.29, 0.717) is 46.9 Å². The van der Waals surface area contributed by atoms with Crippen LogP contribution < -0.4 is 19.1 Å². The first kappa shape index (κ1) is 32.2. The van der Waals surface area contributed by atoms with E-state index in [1.165, 1.54) is 10.7 Å². The summed E-state index contributed by atoms with van der Waals surface area (Å²) in [4.78, 5) is 28.8. The Bertz CT molecular complexity index is 1370. The van der Waals surface area contributed by atoms with Crippen molar-refractivity contribution in [2.45, 2.75) is 76.9 Å². The minimum absolute atomic E-state index is 0.0467. The molecule has 0 aromatic heterocycles. The summed E-state index contributed by atoms with van der Waals surface area (Å²) in [5.74, 6) is 0.615. The molecule has 230 valence electrons. The van der Waals surface area contributed by atoms with Gasteiger partial charge in [-0.1, -0.05) is 55.5 Å². The molecule has 0 radical (unpaired) electrons. The van der Waals surface area contributed by atoms with Crippen LogP contribution in [-0.4, -0.2) is 63.2 Å². The Kier molecular flexibility index (Phi) is 11.3. The van der Waals surface area contributed by atoms with Gasteiger partial charge in [-0.25, -0.2) is 8.42 Å². The molecule has 1 aliphatic carbocycles. The van der Waals surface area contributed by atoms with Gasteiger partial charge < -0.3 is 19.7 Å². The molecule has 9 nitrogen and oxygen atoms in total. The Morgan fingerprint density at radius 3 is 2.38 bits per heavy atom. The van der Waals surface area contributed by atoms with Gasteiger partial charge in [-0.05, 0) is 55.5 Å². The average Bonchev–Trinajstić information content (AvgIpc) is 2.96. The lowest BCUT2D eigenvalue weighted by molar-refractivity contribution is -0.141. The Hall–Kier alpha value is -2.69. The predicted molar refractivity (Wildman–Crippen MR) is 165 cm³/mol. The van der Waals surface area contributed by atoms with Gasteiger partial charge in [0.1, 0.15) is 19.3 Å². The number of carbonyl (C=O) groups is 2. The number of ether oxygens (including phenoxy) is 2. The third-order valence-corrected chi connectivity index (χ3v) is 9.57. The fraction of sp³-hybridized carbons (Fsp3) is 0.533. The highest BCUT2D eigenvalue weighted by Gasteiger charge is 2.31. The van der Waals surface area contributed by atoms with Gasteiger partial charge in [0, 0.05) is 31.6 Å². The molecular weight excluding hydrogens is 601 g/mol. The van der Waals surface area contributed by atoms with E-state index in [2.05, 4.69) is 5.32 Å². The Morgan fingerprint density at radius 2 is 1.71 bits per heavy atom. The highest BCUT2D eigenvalue weighted by molar-refractivity contribution is 7.92. The molecule has 1 aliphatic heterocycles. The van der Waals surface area contributed by atoms with Crippen LogP contribution in [-0.2, 0) is 26.2 Å². The average molecular weight is 641 g/mol. The highest BCUT2D eigenvalue weighted by Crippen LogP contribution is 2.35. The zero-order chi connectivity index (χ0) is 30.3. The van der Waals surface area contributed by atoms with Crippen LogP contribution in [0, 0.1) is 0 Å². The number of hydrogen-bond acceptors (Lipinski definition) is 6. The number of carbonyl (C=O) groups excluding carboxylic acids is 2. The smallest absolute Gasteiger partial charge is 0.243 e. The normalized spacial score (nSPS) is 16.0. The second-order valence-corrected chi connectivity index (χ2v) is 13.5. The summed E-state index contributed by atoms with van der Waals surface area (Å²) in [5, 5.41) is 3.93. The summed E-state index contributed by atoms with van der Waals surface area (Å²) in [7, 11) is -3.65. The van der Waals surface area contributed by atoms with E-state index in [1.54, 1.807) is 41.3 Å². The first-order chi connectivity index (χ1) is 20.1. The second-order valence-electron chi connectivity index (χ2n) is 10.8. The van der Waals surface area contributed by atoms with Gasteiger partial charge in [-0.15, -0.1) is 0 Å². The van der Waals surface area contributed by atoms with Gasteiger partial charge in [-0.3, -0.25) is 13.9 Å². The monoisotopic (exact) mass is 639 g/mol. The molecule has 0 unspecified atom stereocenters. The van der Waals surface area contributed by atoms with Crippen LogP contribution in [0.2, 0.25) is 10.0 Å². The zero-order valence-electron chi connectivity index (χ0n) is 24.1. The molecule has 1 N–H and O–H groups in total. The molecule has 12 heteroatoms. The molecule has 1 heterocycles. The van der Waals surface area contributed by atoms with Gasteiger partial charge in [0.15, 0.2) is 11.5 Å². The number of benzene rings is 2. The maximum Gasteiger partial charge on any atom is 0.243 e. The van der Waals surface area contributed by atoms with Crippen molar-refractivity contribution in [1.82, 2.24) is 10.2 Å². The number of amides is 2. The lowest BCUT2D eigenvalue weighted by atomic mass is 9.95. The number of rotatable bonds is 12.